The summed E-state index contributed by atoms with van der Waals surface area (Å²) in [5.74, 6) is -0.467. The van der Waals surface area contributed by atoms with Gasteiger partial charge in [-0.3, -0.25) is 14.7 Å². The summed E-state index contributed by atoms with van der Waals surface area (Å²) in [7, 11) is 0. The minimum Gasteiger partial charge on any atom is -0.279 e. The molecule has 7 heteroatoms. The van der Waals surface area contributed by atoms with E-state index in [1.54, 1.807) is 35.1 Å². The van der Waals surface area contributed by atoms with Crippen molar-refractivity contribution in [3.63, 3.8) is 0 Å². The number of thiazole rings is 1. The Balaban J connectivity index is 1.73. The lowest BCUT2D eigenvalue weighted by molar-refractivity contribution is 0.0985. The number of rotatable bonds is 6. The van der Waals surface area contributed by atoms with E-state index < -0.39 is 0 Å². The zero-order valence-corrected chi connectivity index (χ0v) is 18.2. The molecule has 0 spiro atoms. The number of thioether (sulfide) groups is 1. The van der Waals surface area contributed by atoms with Crippen LogP contribution in [0.3, 0.4) is 0 Å². The third kappa shape index (κ3) is 4.68. The molecule has 0 unspecified atom stereocenters. The topological polar surface area (TPSA) is 46.1 Å². The standard InChI is InChI=1S/C23H20FN3OS2/c1-15(2)29-19-7-3-6-17(11-19)22(28)27(14-16-5-4-10-25-13-16)23-26-20-9-8-18(24)12-21(20)30-23/h3-13,15H,14H2,1-2H3. The maximum atomic E-state index is 13.7. The molecule has 0 saturated carbocycles. The van der Waals surface area contributed by atoms with Crippen LogP contribution >= 0.6 is 23.1 Å². The van der Waals surface area contributed by atoms with Gasteiger partial charge in [0, 0.05) is 28.1 Å². The van der Waals surface area contributed by atoms with Crippen molar-refractivity contribution in [1.29, 1.82) is 0 Å². The van der Waals surface area contributed by atoms with Crippen LogP contribution in [0, 0.1) is 5.82 Å². The summed E-state index contributed by atoms with van der Waals surface area (Å²) in [6.07, 6.45) is 3.43. The van der Waals surface area contributed by atoms with Crippen LogP contribution in [-0.2, 0) is 6.54 Å². The fourth-order valence-corrected chi connectivity index (χ4v) is 4.92. The number of halogens is 1. The Kier molecular flexibility index (Phi) is 6.11. The number of fused-ring (bicyclic) bond motifs is 1. The fourth-order valence-electron chi connectivity index (χ4n) is 3.03. The van der Waals surface area contributed by atoms with Crippen LogP contribution in [0.25, 0.3) is 10.2 Å². The smallest absolute Gasteiger partial charge is 0.260 e. The van der Waals surface area contributed by atoms with Crippen LogP contribution < -0.4 is 4.90 Å². The van der Waals surface area contributed by atoms with Gasteiger partial charge in [0.2, 0.25) is 0 Å². The molecule has 4 nitrogen and oxygen atoms in total. The molecule has 0 radical (unpaired) electrons. The summed E-state index contributed by atoms with van der Waals surface area (Å²) < 4.78 is 14.4. The molecule has 2 aromatic heterocycles. The van der Waals surface area contributed by atoms with Gasteiger partial charge in [-0.25, -0.2) is 9.37 Å². The number of anilines is 1. The predicted molar refractivity (Wildman–Crippen MR) is 122 cm³/mol. The van der Waals surface area contributed by atoms with Crippen molar-refractivity contribution < 1.29 is 9.18 Å². The van der Waals surface area contributed by atoms with E-state index in [1.807, 2.05) is 36.4 Å². The van der Waals surface area contributed by atoms with Gasteiger partial charge in [-0.15, -0.1) is 11.8 Å². The van der Waals surface area contributed by atoms with Crippen molar-refractivity contribution in [2.45, 2.75) is 30.5 Å². The summed E-state index contributed by atoms with van der Waals surface area (Å²) in [4.78, 5) is 25.0. The molecule has 0 aliphatic carbocycles. The third-order valence-corrected chi connectivity index (χ3v) is 6.37. The Morgan fingerprint density at radius 2 is 2.03 bits per heavy atom. The minimum atomic E-state index is -0.318. The molecule has 2 aromatic carbocycles. The molecule has 2 heterocycles. The first-order chi connectivity index (χ1) is 14.5. The number of carbonyl (C=O) groups excluding carboxylic acids is 1. The monoisotopic (exact) mass is 437 g/mol. The highest BCUT2D eigenvalue weighted by molar-refractivity contribution is 7.99. The lowest BCUT2D eigenvalue weighted by Gasteiger charge is -2.20. The largest absolute Gasteiger partial charge is 0.279 e. The number of pyridine rings is 1. The predicted octanol–water partition coefficient (Wildman–Crippen LogP) is 6.18. The molecule has 0 aliphatic rings. The van der Waals surface area contributed by atoms with Gasteiger partial charge < -0.3 is 0 Å². The number of hydrogen-bond acceptors (Lipinski definition) is 5. The SMILES string of the molecule is CC(C)Sc1cccc(C(=O)N(Cc2cccnc2)c2nc3ccc(F)cc3s2)c1. The van der Waals surface area contributed by atoms with E-state index >= 15 is 0 Å². The average Bonchev–Trinajstić information content (AvgIpc) is 3.15. The first-order valence-electron chi connectivity index (χ1n) is 9.53. The van der Waals surface area contributed by atoms with Crippen molar-refractivity contribution in [2.24, 2.45) is 0 Å². The molecule has 4 aromatic rings. The first-order valence-corrected chi connectivity index (χ1v) is 11.2. The maximum Gasteiger partial charge on any atom is 0.260 e. The molecule has 152 valence electrons. The Hall–Kier alpha value is -2.77. The summed E-state index contributed by atoms with van der Waals surface area (Å²) in [5, 5.41) is 0.951. The van der Waals surface area contributed by atoms with Crippen LogP contribution in [0.15, 0.2) is 71.9 Å². The van der Waals surface area contributed by atoms with E-state index in [4.69, 9.17) is 0 Å². The molecule has 0 saturated heterocycles. The maximum absolute atomic E-state index is 13.7. The van der Waals surface area contributed by atoms with Crippen LogP contribution in [0.2, 0.25) is 0 Å². The molecule has 1 amide bonds. The van der Waals surface area contributed by atoms with Crippen LogP contribution in [0.5, 0.6) is 0 Å². The third-order valence-electron chi connectivity index (χ3n) is 4.33. The zero-order chi connectivity index (χ0) is 21.1. The second kappa shape index (κ2) is 8.93. The Labute approximate surface area is 182 Å². The highest BCUT2D eigenvalue weighted by Gasteiger charge is 2.22. The Bertz CT molecular complexity index is 1180. The number of benzene rings is 2. The molecule has 30 heavy (non-hydrogen) atoms. The summed E-state index contributed by atoms with van der Waals surface area (Å²) in [6.45, 7) is 4.57. The second-order valence-corrected chi connectivity index (χ2v) is 9.71. The second-order valence-electron chi connectivity index (χ2n) is 7.06. The van der Waals surface area contributed by atoms with E-state index in [9.17, 15) is 9.18 Å². The lowest BCUT2D eigenvalue weighted by atomic mass is 10.2. The minimum absolute atomic E-state index is 0.149. The van der Waals surface area contributed by atoms with Gasteiger partial charge in [-0.05, 0) is 48.0 Å². The Morgan fingerprint density at radius 3 is 2.80 bits per heavy atom. The van der Waals surface area contributed by atoms with E-state index in [0.717, 1.165) is 10.5 Å². The number of aromatic nitrogens is 2. The quantitative estimate of drug-likeness (QED) is 0.338. The fraction of sp³-hybridized carbons (Fsp3) is 0.174. The molecule has 0 N–H and O–H groups in total. The number of hydrogen-bond donors (Lipinski definition) is 0. The average molecular weight is 438 g/mol. The molecule has 0 atom stereocenters. The lowest BCUT2D eigenvalue weighted by Crippen LogP contribution is -2.30. The Morgan fingerprint density at radius 1 is 1.17 bits per heavy atom. The van der Waals surface area contributed by atoms with Crippen molar-refractivity contribution in [1.82, 2.24) is 9.97 Å². The van der Waals surface area contributed by atoms with Crippen LogP contribution in [0.1, 0.15) is 29.8 Å². The summed E-state index contributed by atoms with van der Waals surface area (Å²) >= 11 is 3.02. The van der Waals surface area contributed by atoms with Gasteiger partial charge in [0.25, 0.3) is 5.91 Å². The number of nitrogens with zero attached hydrogens (tertiary/aromatic N) is 3. The summed E-state index contributed by atoms with van der Waals surface area (Å²) in [6, 6.07) is 15.9. The van der Waals surface area contributed by atoms with Crippen molar-refractivity contribution in [3.05, 3.63) is 83.9 Å². The number of amides is 1. The van der Waals surface area contributed by atoms with Crippen molar-refractivity contribution >= 4 is 44.4 Å². The number of carbonyl (C=O) groups is 1. The van der Waals surface area contributed by atoms with E-state index in [0.29, 0.717) is 32.7 Å². The van der Waals surface area contributed by atoms with Gasteiger partial charge in [-0.1, -0.05) is 37.3 Å². The van der Waals surface area contributed by atoms with Crippen molar-refractivity contribution in [2.75, 3.05) is 4.90 Å². The molecule has 0 fully saturated rings. The molecule has 0 aliphatic heterocycles. The highest BCUT2D eigenvalue weighted by Crippen LogP contribution is 2.32. The van der Waals surface area contributed by atoms with Gasteiger partial charge in [-0.2, -0.15) is 0 Å². The van der Waals surface area contributed by atoms with E-state index in [2.05, 4.69) is 23.8 Å². The van der Waals surface area contributed by atoms with E-state index in [1.165, 1.54) is 23.5 Å². The van der Waals surface area contributed by atoms with Crippen LogP contribution in [-0.4, -0.2) is 21.1 Å². The molecule has 4 rings (SSSR count). The molecular formula is C23H20FN3OS2. The van der Waals surface area contributed by atoms with Gasteiger partial charge in [0.05, 0.1) is 16.8 Å². The van der Waals surface area contributed by atoms with Gasteiger partial charge in [0.1, 0.15) is 5.82 Å². The highest BCUT2D eigenvalue weighted by atomic mass is 32.2. The van der Waals surface area contributed by atoms with Gasteiger partial charge in [0.15, 0.2) is 5.13 Å². The van der Waals surface area contributed by atoms with E-state index in [-0.39, 0.29) is 11.7 Å². The normalized spacial score (nSPS) is 11.2. The zero-order valence-electron chi connectivity index (χ0n) is 16.6. The summed E-state index contributed by atoms with van der Waals surface area (Å²) in [5.41, 5.74) is 2.16. The van der Waals surface area contributed by atoms with Crippen molar-refractivity contribution in [3.8, 4) is 0 Å². The first kappa shape index (κ1) is 20.5. The molecular weight excluding hydrogens is 417 g/mol. The van der Waals surface area contributed by atoms with Gasteiger partial charge >= 0.3 is 0 Å². The molecule has 0 bridgehead atoms. The van der Waals surface area contributed by atoms with Crippen LogP contribution in [0.4, 0.5) is 9.52 Å².